The number of amides is 2. The molecule has 53 heavy (non-hydrogen) atoms. The quantitative estimate of drug-likeness (QED) is 0.366. The number of carbonyl (C=O) groups excluding carboxylic acids is 2. The molecule has 0 spiro atoms. The molecular weight excluding hydrogens is 680 g/mol. The Kier molecular flexibility index (Phi) is 16.2. The Morgan fingerprint density at radius 2 is 1.28 bits per heavy atom. The molecule has 14 heteroatoms. The van der Waals surface area contributed by atoms with E-state index in [2.05, 4.69) is 24.1 Å². The van der Waals surface area contributed by atoms with E-state index in [9.17, 15) is 14.4 Å². The van der Waals surface area contributed by atoms with E-state index >= 15 is 0 Å². The molecule has 0 unspecified atom stereocenters. The number of benzene rings is 2. The van der Waals surface area contributed by atoms with Gasteiger partial charge in [-0.05, 0) is 36.1 Å². The summed E-state index contributed by atoms with van der Waals surface area (Å²) in [6, 6.07) is 13.4. The molecule has 2 aliphatic rings. The van der Waals surface area contributed by atoms with Gasteiger partial charge in [-0.15, -0.1) is 0 Å². The van der Waals surface area contributed by atoms with Crippen LogP contribution in [-0.2, 0) is 46.4 Å². The predicted molar refractivity (Wildman–Crippen MR) is 202 cm³/mol. The second-order valence-corrected chi connectivity index (χ2v) is 13.7. The predicted octanol–water partition coefficient (Wildman–Crippen LogP) is 2.51. The number of fused-ring (bicyclic) bond motifs is 1. The molecule has 5 rings (SSSR count). The van der Waals surface area contributed by atoms with Crippen LogP contribution in [0, 0.1) is 6.92 Å². The van der Waals surface area contributed by atoms with Crippen molar-refractivity contribution in [3.63, 3.8) is 0 Å². The first-order valence-electron chi connectivity index (χ1n) is 18.8. The Balaban J connectivity index is 1.18. The van der Waals surface area contributed by atoms with Crippen LogP contribution in [0.1, 0.15) is 36.7 Å². The summed E-state index contributed by atoms with van der Waals surface area (Å²) in [5.41, 5.74) is 3.26. The highest BCUT2D eigenvalue weighted by Crippen LogP contribution is 2.23. The van der Waals surface area contributed by atoms with Crippen LogP contribution in [-0.4, -0.2) is 148 Å². The summed E-state index contributed by atoms with van der Waals surface area (Å²) >= 11 is 0. The minimum atomic E-state index is -0.228. The fraction of sp³-hybridized carbons (Fsp3) is 0.590. The molecule has 0 bridgehead atoms. The minimum Gasteiger partial charge on any atom is -0.378 e. The molecule has 1 aromatic heterocycles. The average Bonchev–Trinajstić information content (AvgIpc) is 3.15. The molecular formula is C39H56N6O8. The summed E-state index contributed by atoms with van der Waals surface area (Å²) in [6.45, 7) is 14.3. The number of para-hydroxylation sites is 2. The lowest BCUT2D eigenvalue weighted by atomic mass is 10.0. The Hall–Kier alpha value is -3.76. The van der Waals surface area contributed by atoms with Gasteiger partial charge in [-0.2, -0.15) is 0 Å². The van der Waals surface area contributed by atoms with Crippen LogP contribution >= 0.6 is 0 Å². The second-order valence-electron chi connectivity index (χ2n) is 13.7. The summed E-state index contributed by atoms with van der Waals surface area (Å²) in [4.78, 5) is 51.1. The second kappa shape index (κ2) is 21.2. The molecule has 3 aromatic rings. The normalized spacial score (nSPS) is 18.5. The number of ether oxygens (including phenoxy) is 5. The lowest BCUT2D eigenvalue weighted by Crippen LogP contribution is -2.44. The SMILES string of the molecule is Cc1cccc2c(=O)n(CC(=O)N3CCOCC3)c(CN3CCOCCOCCN(CC(=O)Nc4ccccc4C(C)C)CCOCCOCC3)nc12. The monoisotopic (exact) mass is 736 g/mol. The summed E-state index contributed by atoms with van der Waals surface area (Å²) < 4.78 is 30.6. The molecule has 0 radical (unpaired) electrons. The molecule has 1 N–H and O–H groups in total. The standard InChI is InChI=1S/C39H56N6O8/c1-30(2)32-8-4-5-10-34(32)40-36(46)28-43-13-19-52-25-23-50-17-11-42(12-18-51-24-26-53-20-14-43)27-35-41-38-31(3)7-6-9-33(38)39(48)45(35)29-37(47)44-15-21-49-22-16-44/h4-10,30H,11-29H2,1-3H3,(H,40,46). The van der Waals surface area contributed by atoms with E-state index in [0.29, 0.717) is 135 Å². The topological polar surface area (TPSA) is 137 Å². The highest BCUT2D eigenvalue weighted by molar-refractivity contribution is 5.93. The van der Waals surface area contributed by atoms with E-state index in [4.69, 9.17) is 28.7 Å². The number of aryl methyl sites for hydroxylation is 1. The van der Waals surface area contributed by atoms with Gasteiger partial charge in [-0.3, -0.25) is 28.8 Å². The van der Waals surface area contributed by atoms with Crippen molar-refractivity contribution >= 4 is 28.4 Å². The number of hydrogen-bond acceptors (Lipinski definition) is 11. The van der Waals surface area contributed by atoms with E-state index in [0.717, 1.165) is 16.8 Å². The number of carbonyl (C=O) groups is 2. The summed E-state index contributed by atoms with van der Waals surface area (Å²) in [6.07, 6.45) is 0. The number of morpholine rings is 1. The zero-order valence-electron chi connectivity index (χ0n) is 31.6. The van der Waals surface area contributed by atoms with Gasteiger partial charge in [0.2, 0.25) is 11.8 Å². The molecule has 2 aromatic carbocycles. The molecule has 3 heterocycles. The maximum atomic E-state index is 13.8. The molecule has 290 valence electrons. The Morgan fingerprint density at radius 3 is 1.91 bits per heavy atom. The van der Waals surface area contributed by atoms with Crippen LogP contribution in [0.3, 0.4) is 0 Å². The van der Waals surface area contributed by atoms with Crippen molar-refractivity contribution in [3.05, 3.63) is 69.8 Å². The van der Waals surface area contributed by atoms with Crippen LogP contribution in [0.15, 0.2) is 47.3 Å². The van der Waals surface area contributed by atoms with Crippen molar-refractivity contribution in [2.75, 3.05) is 117 Å². The van der Waals surface area contributed by atoms with Gasteiger partial charge in [-0.25, -0.2) is 4.98 Å². The van der Waals surface area contributed by atoms with Crippen molar-refractivity contribution in [1.29, 1.82) is 0 Å². The third-order valence-electron chi connectivity index (χ3n) is 9.46. The number of nitrogens with one attached hydrogen (secondary N) is 1. The van der Waals surface area contributed by atoms with Gasteiger partial charge >= 0.3 is 0 Å². The van der Waals surface area contributed by atoms with Gasteiger partial charge in [0.15, 0.2) is 0 Å². The molecule has 2 fully saturated rings. The van der Waals surface area contributed by atoms with E-state index in [-0.39, 0.29) is 30.5 Å². The average molecular weight is 737 g/mol. The molecule has 0 saturated carbocycles. The summed E-state index contributed by atoms with van der Waals surface area (Å²) in [5.74, 6) is 0.612. The van der Waals surface area contributed by atoms with Crippen molar-refractivity contribution < 1.29 is 33.3 Å². The Labute approximate surface area is 312 Å². The molecule has 0 atom stereocenters. The zero-order valence-corrected chi connectivity index (χ0v) is 31.6. The van der Waals surface area contributed by atoms with E-state index < -0.39 is 0 Å². The van der Waals surface area contributed by atoms with Crippen molar-refractivity contribution in [2.45, 2.75) is 39.8 Å². The van der Waals surface area contributed by atoms with Crippen LogP contribution in [0.4, 0.5) is 5.69 Å². The minimum absolute atomic E-state index is 0.0776. The van der Waals surface area contributed by atoms with Gasteiger partial charge in [0.25, 0.3) is 5.56 Å². The van der Waals surface area contributed by atoms with Crippen molar-refractivity contribution in [3.8, 4) is 0 Å². The van der Waals surface area contributed by atoms with Crippen molar-refractivity contribution in [1.82, 2.24) is 24.3 Å². The number of anilines is 1. The van der Waals surface area contributed by atoms with Crippen LogP contribution in [0.2, 0.25) is 0 Å². The molecule has 2 amide bonds. The molecule has 2 saturated heterocycles. The summed E-state index contributed by atoms with van der Waals surface area (Å²) in [5, 5.41) is 3.57. The first kappa shape index (κ1) is 40.4. The van der Waals surface area contributed by atoms with Gasteiger partial charge in [-0.1, -0.05) is 44.2 Å². The van der Waals surface area contributed by atoms with Crippen LogP contribution < -0.4 is 10.9 Å². The highest BCUT2D eigenvalue weighted by atomic mass is 16.5. The van der Waals surface area contributed by atoms with Gasteiger partial charge in [0.05, 0.1) is 90.1 Å². The Bertz CT molecular complexity index is 1660. The maximum absolute atomic E-state index is 13.8. The van der Waals surface area contributed by atoms with E-state index in [1.54, 1.807) is 11.0 Å². The smallest absolute Gasteiger partial charge is 0.261 e. The lowest BCUT2D eigenvalue weighted by molar-refractivity contribution is -0.136. The zero-order chi connectivity index (χ0) is 37.4. The summed E-state index contributed by atoms with van der Waals surface area (Å²) in [7, 11) is 0. The fourth-order valence-corrected chi connectivity index (χ4v) is 6.43. The molecule has 0 aliphatic carbocycles. The highest BCUT2D eigenvalue weighted by Gasteiger charge is 2.22. The van der Waals surface area contributed by atoms with Crippen LogP contribution in [0.5, 0.6) is 0 Å². The van der Waals surface area contributed by atoms with Gasteiger partial charge < -0.3 is 33.9 Å². The van der Waals surface area contributed by atoms with Gasteiger partial charge in [0.1, 0.15) is 12.4 Å². The van der Waals surface area contributed by atoms with Gasteiger partial charge in [0, 0.05) is 45.0 Å². The largest absolute Gasteiger partial charge is 0.378 e. The number of rotatable bonds is 8. The van der Waals surface area contributed by atoms with Crippen molar-refractivity contribution in [2.24, 2.45) is 0 Å². The molecule has 14 nitrogen and oxygen atoms in total. The fourth-order valence-electron chi connectivity index (χ4n) is 6.43. The number of aromatic nitrogens is 2. The maximum Gasteiger partial charge on any atom is 0.261 e. The number of hydrogen-bond donors (Lipinski definition) is 1. The van der Waals surface area contributed by atoms with E-state index in [1.807, 2.05) is 48.2 Å². The third-order valence-corrected chi connectivity index (χ3v) is 9.46. The van der Waals surface area contributed by atoms with E-state index in [1.165, 1.54) is 4.57 Å². The third kappa shape index (κ3) is 12.4. The Morgan fingerprint density at radius 1 is 0.717 bits per heavy atom. The number of nitrogens with zero attached hydrogens (tertiary/aromatic N) is 5. The lowest BCUT2D eigenvalue weighted by Gasteiger charge is -2.28. The first-order chi connectivity index (χ1) is 25.8. The van der Waals surface area contributed by atoms with Crippen LogP contribution in [0.25, 0.3) is 10.9 Å². The first-order valence-corrected chi connectivity index (χ1v) is 18.8. The molecule has 2 aliphatic heterocycles.